The van der Waals surface area contributed by atoms with Gasteiger partial charge >= 0.3 is 0 Å². The van der Waals surface area contributed by atoms with E-state index in [1.165, 1.54) is 4.31 Å². The third kappa shape index (κ3) is 3.78. The molecule has 19 heavy (non-hydrogen) atoms. The zero-order valence-corrected chi connectivity index (χ0v) is 13.0. The van der Waals surface area contributed by atoms with Gasteiger partial charge in [0.15, 0.2) is 0 Å². The van der Waals surface area contributed by atoms with Crippen LogP contribution in [0.4, 0.5) is 0 Å². The highest BCUT2D eigenvalue weighted by molar-refractivity contribution is 7.89. The predicted molar refractivity (Wildman–Crippen MR) is 77.9 cm³/mol. The molecule has 1 saturated heterocycles. The Morgan fingerprint density at radius 3 is 2.89 bits per heavy atom. The minimum atomic E-state index is -3.27. The molecule has 1 fully saturated rings. The van der Waals surface area contributed by atoms with Crippen molar-refractivity contribution < 1.29 is 13.2 Å². The summed E-state index contributed by atoms with van der Waals surface area (Å²) in [4.78, 5) is 1.07. The number of thiophene rings is 1. The highest BCUT2D eigenvalue weighted by Crippen LogP contribution is 2.26. The first kappa shape index (κ1) is 15.0. The molecule has 1 aliphatic heterocycles. The lowest BCUT2D eigenvalue weighted by Gasteiger charge is -2.28. The standard InChI is InChI=1S/C13H21NO3S2/c1-11(13-7-5-9-18-13)14(2)19(15,16)10-12-6-3-4-8-17-12/h5,7,9,11-12H,3-4,6,8,10H2,1-2H3/t11-,12+/m0/s1. The van der Waals surface area contributed by atoms with E-state index in [1.807, 2.05) is 24.4 Å². The number of hydrogen-bond donors (Lipinski definition) is 0. The van der Waals surface area contributed by atoms with Crippen molar-refractivity contribution in [2.45, 2.75) is 38.3 Å². The summed E-state index contributed by atoms with van der Waals surface area (Å²) in [6.45, 7) is 2.61. The molecule has 0 aromatic carbocycles. The second kappa shape index (κ2) is 6.35. The SMILES string of the molecule is C[C@@H](c1cccs1)N(C)S(=O)(=O)C[C@H]1CCCCO1. The fraction of sp³-hybridized carbons (Fsp3) is 0.692. The van der Waals surface area contributed by atoms with Crippen LogP contribution in [-0.4, -0.2) is 38.2 Å². The van der Waals surface area contributed by atoms with Gasteiger partial charge in [-0.3, -0.25) is 0 Å². The third-order valence-electron chi connectivity index (χ3n) is 3.61. The quantitative estimate of drug-likeness (QED) is 0.840. The average molecular weight is 303 g/mol. The monoisotopic (exact) mass is 303 g/mol. The van der Waals surface area contributed by atoms with Crippen molar-refractivity contribution >= 4 is 21.4 Å². The molecule has 0 spiro atoms. The molecule has 2 rings (SSSR count). The van der Waals surface area contributed by atoms with Gasteiger partial charge in [0.1, 0.15) is 0 Å². The van der Waals surface area contributed by atoms with E-state index >= 15 is 0 Å². The van der Waals surface area contributed by atoms with Crippen LogP contribution in [-0.2, 0) is 14.8 Å². The first-order valence-corrected chi connectivity index (χ1v) is 9.10. The Balaban J connectivity index is 2.01. The van der Waals surface area contributed by atoms with Crippen LogP contribution in [0.3, 0.4) is 0 Å². The molecule has 0 amide bonds. The molecule has 1 aliphatic rings. The third-order valence-corrected chi connectivity index (χ3v) is 6.64. The van der Waals surface area contributed by atoms with Crippen molar-refractivity contribution in [2.24, 2.45) is 0 Å². The van der Waals surface area contributed by atoms with Gasteiger partial charge in [-0.15, -0.1) is 11.3 Å². The lowest BCUT2D eigenvalue weighted by Crippen LogP contribution is -2.37. The summed E-state index contributed by atoms with van der Waals surface area (Å²) < 4.78 is 31.8. The fourth-order valence-corrected chi connectivity index (χ4v) is 4.70. The van der Waals surface area contributed by atoms with Gasteiger partial charge in [0.2, 0.25) is 10.0 Å². The lowest BCUT2D eigenvalue weighted by molar-refractivity contribution is 0.0298. The Morgan fingerprint density at radius 2 is 2.32 bits per heavy atom. The Bertz CT molecular complexity index is 478. The zero-order chi connectivity index (χ0) is 13.9. The second-order valence-corrected chi connectivity index (χ2v) is 8.03. The molecule has 0 unspecified atom stereocenters. The van der Waals surface area contributed by atoms with Gasteiger partial charge in [-0.2, -0.15) is 4.31 Å². The minimum Gasteiger partial charge on any atom is -0.377 e. The van der Waals surface area contributed by atoms with E-state index in [4.69, 9.17) is 4.74 Å². The smallest absolute Gasteiger partial charge is 0.216 e. The maximum Gasteiger partial charge on any atom is 0.216 e. The van der Waals surface area contributed by atoms with Crippen molar-refractivity contribution in [3.8, 4) is 0 Å². The van der Waals surface area contributed by atoms with E-state index in [-0.39, 0.29) is 17.9 Å². The van der Waals surface area contributed by atoms with Gasteiger partial charge < -0.3 is 4.74 Å². The summed E-state index contributed by atoms with van der Waals surface area (Å²) in [6.07, 6.45) is 2.81. The largest absolute Gasteiger partial charge is 0.377 e. The molecule has 0 bridgehead atoms. The molecule has 2 heterocycles. The molecule has 4 nitrogen and oxygen atoms in total. The van der Waals surface area contributed by atoms with Crippen LogP contribution >= 0.6 is 11.3 Å². The summed E-state index contributed by atoms with van der Waals surface area (Å²) in [5, 5.41) is 1.97. The molecule has 2 atom stereocenters. The van der Waals surface area contributed by atoms with E-state index in [9.17, 15) is 8.42 Å². The number of hydrogen-bond acceptors (Lipinski definition) is 4. The first-order chi connectivity index (χ1) is 9.00. The molecule has 6 heteroatoms. The van der Waals surface area contributed by atoms with Crippen LogP contribution in [0.1, 0.15) is 37.1 Å². The molecule has 108 valence electrons. The van der Waals surface area contributed by atoms with E-state index in [0.717, 1.165) is 24.1 Å². The van der Waals surface area contributed by atoms with Crippen molar-refractivity contribution in [1.82, 2.24) is 4.31 Å². The molecule has 1 aromatic heterocycles. The van der Waals surface area contributed by atoms with Crippen molar-refractivity contribution in [3.63, 3.8) is 0 Å². The Morgan fingerprint density at radius 1 is 1.53 bits per heavy atom. The van der Waals surface area contributed by atoms with Crippen molar-refractivity contribution in [3.05, 3.63) is 22.4 Å². The van der Waals surface area contributed by atoms with Gasteiger partial charge in [0.25, 0.3) is 0 Å². The highest BCUT2D eigenvalue weighted by atomic mass is 32.2. The van der Waals surface area contributed by atoms with Gasteiger partial charge in [0.05, 0.1) is 17.9 Å². The number of ether oxygens (including phenoxy) is 1. The Kier molecular flexibility index (Phi) is 5.00. The molecular formula is C13H21NO3S2. The molecule has 0 aliphatic carbocycles. The van der Waals surface area contributed by atoms with E-state index in [1.54, 1.807) is 18.4 Å². The van der Waals surface area contributed by atoms with Gasteiger partial charge in [-0.1, -0.05) is 6.07 Å². The number of nitrogens with zero attached hydrogens (tertiary/aromatic N) is 1. The van der Waals surface area contributed by atoms with E-state index < -0.39 is 10.0 Å². The van der Waals surface area contributed by atoms with Crippen molar-refractivity contribution in [1.29, 1.82) is 0 Å². The van der Waals surface area contributed by atoms with E-state index in [0.29, 0.717) is 6.61 Å². The van der Waals surface area contributed by atoms with Crippen molar-refractivity contribution in [2.75, 3.05) is 19.4 Å². The van der Waals surface area contributed by atoms with Gasteiger partial charge in [0, 0.05) is 18.5 Å². The summed E-state index contributed by atoms with van der Waals surface area (Å²) in [5.74, 6) is 0.0964. The normalized spacial score (nSPS) is 22.6. The minimum absolute atomic E-state index is 0.0964. The van der Waals surface area contributed by atoms with Crippen LogP contribution < -0.4 is 0 Å². The zero-order valence-electron chi connectivity index (χ0n) is 11.4. The highest BCUT2D eigenvalue weighted by Gasteiger charge is 2.29. The van der Waals surface area contributed by atoms with Gasteiger partial charge in [-0.05, 0) is 37.6 Å². The maximum atomic E-state index is 12.4. The Labute approximate surface area is 119 Å². The molecule has 0 N–H and O–H groups in total. The first-order valence-electron chi connectivity index (χ1n) is 6.61. The maximum absolute atomic E-state index is 12.4. The van der Waals surface area contributed by atoms with Crippen LogP contribution in [0.5, 0.6) is 0 Å². The Hall–Kier alpha value is -0.430. The average Bonchev–Trinajstić information content (AvgIpc) is 2.91. The number of rotatable bonds is 5. The summed E-state index contributed by atoms with van der Waals surface area (Å²) >= 11 is 1.58. The van der Waals surface area contributed by atoms with Crippen LogP contribution in [0.25, 0.3) is 0 Å². The van der Waals surface area contributed by atoms with E-state index in [2.05, 4.69) is 0 Å². The summed E-state index contributed by atoms with van der Waals surface area (Å²) in [7, 11) is -1.61. The molecule has 0 saturated carbocycles. The molecule has 0 radical (unpaired) electrons. The van der Waals surface area contributed by atoms with Crippen LogP contribution in [0, 0.1) is 0 Å². The molecular weight excluding hydrogens is 282 g/mol. The second-order valence-electron chi connectivity index (χ2n) is 4.97. The van der Waals surface area contributed by atoms with Crippen LogP contribution in [0.2, 0.25) is 0 Å². The topological polar surface area (TPSA) is 46.6 Å². The fourth-order valence-electron chi connectivity index (χ4n) is 2.24. The summed E-state index contributed by atoms with van der Waals surface area (Å²) in [5.41, 5.74) is 0. The van der Waals surface area contributed by atoms with Gasteiger partial charge in [-0.25, -0.2) is 8.42 Å². The number of sulfonamides is 1. The summed E-state index contributed by atoms with van der Waals surface area (Å²) in [6, 6.07) is 3.80. The predicted octanol–water partition coefficient (Wildman–Crippen LogP) is 2.64. The van der Waals surface area contributed by atoms with Crippen LogP contribution in [0.15, 0.2) is 17.5 Å². The molecule has 1 aromatic rings. The lowest BCUT2D eigenvalue weighted by atomic mass is 10.1.